The van der Waals surface area contributed by atoms with Gasteiger partial charge in [0.15, 0.2) is 9.84 Å². The van der Waals surface area contributed by atoms with Gasteiger partial charge in [0.05, 0.1) is 22.9 Å². The molecule has 2 aromatic rings. The number of hydrogen-bond donors (Lipinski definition) is 1. The summed E-state index contributed by atoms with van der Waals surface area (Å²) < 4.78 is 25.3. The Balaban J connectivity index is 1.81. The number of aryl methyl sites for hydroxylation is 2. The summed E-state index contributed by atoms with van der Waals surface area (Å²) in [6.07, 6.45) is 5.55. The van der Waals surface area contributed by atoms with E-state index in [-0.39, 0.29) is 18.2 Å². The summed E-state index contributed by atoms with van der Waals surface area (Å²) in [6.45, 7) is 3.21. The van der Waals surface area contributed by atoms with Crippen molar-refractivity contribution in [1.29, 1.82) is 0 Å². The number of likely N-dealkylation sites (tertiary alicyclic amines) is 1. The third-order valence-electron chi connectivity index (χ3n) is 6.22. The molecule has 1 saturated heterocycles. The third kappa shape index (κ3) is 4.29. The lowest BCUT2D eigenvalue weighted by atomic mass is 9.88. The van der Waals surface area contributed by atoms with E-state index in [9.17, 15) is 13.2 Å². The molecular formula is C24H29N3O3S. The molecule has 0 bridgehead atoms. The molecule has 6 nitrogen and oxygen atoms in total. The zero-order valence-corrected chi connectivity index (χ0v) is 18.7. The number of benzene rings is 1. The highest BCUT2D eigenvalue weighted by atomic mass is 32.2. The van der Waals surface area contributed by atoms with E-state index in [0.29, 0.717) is 24.4 Å². The van der Waals surface area contributed by atoms with E-state index in [0.717, 1.165) is 48.1 Å². The van der Waals surface area contributed by atoms with E-state index in [1.54, 1.807) is 6.07 Å². The normalized spacial score (nSPS) is 16.5. The first-order valence-electron chi connectivity index (χ1n) is 10.9. The Bertz CT molecular complexity index is 1130. The molecule has 4 rings (SSSR count). The number of nitrogens with two attached hydrogens (primary N) is 1. The minimum atomic E-state index is -3.27. The van der Waals surface area contributed by atoms with Gasteiger partial charge in [-0.3, -0.25) is 9.78 Å². The van der Waals surface area contributed by atoms with Crippen LogP contribution < -0.4 is 5.73 Å². The van der Waals surface area contributed by atoms with Crippen molar-refractivity contribution in [2.24, 2.45) is 5.73 Å². The number of piperidine rings is 1. The van der Waals surface area contributed by atoms with Crippen LogP contribution in [0.15, 0.2) is 47.0 Å². The molecule has 0 unspecified atom stereocenters. The van der Waals surface area contributed by atoms with Gasteiger partial charge in [0, 0.05) is 24.9 Å². The van der Waals surface area contributed by atoms with Gasteiger partial charge in [0.25, 0.3) is 0 Å². The monoisotopic (exact) mass is 439 g/mol. The van der Waals surface area contributed by atoms with Crippen molar-refractivity contribution in [1.82, 2.24) is 9.88 Å². The first kappa shape index (κ1) is 21.7. The quantitative estimate of drug-likeness (QED) is 0.791. The van der Waals surface area contributed by atoms with Crippen LogP contribution in [0, 0.1) is 0 Å². The van der Waals surface area contributed by atoms with Gasteiger partial charge in [-0.05, 0) is 67.0 Å². The van der Waals surface area contributed by atoms with Gasteiger partial charge in [0.1, 0.15) is 0 Å². The molecule has 1 aliphatic heterocycles. The maximum atomic E-state index is 12.7. The highest BCUT2D eigenvalue weighted by Crippen LogP contribution is 2.38. The van der Waals surface area contributed by atoms with E-state index in [4.69, 9.17) is 10.7 Å². The number of carbonyl (C=O) groups excluding carboxylic acids is 1. The van der Waals surface area contributed by atoms with Crippen molar-refractivity contribution in [3.63, 3.8) is 0 Å². The van der Waals surface area contributed by atoms with Gasteiger partial charge in [-0.25, -0.2) is 8.42 Å². The summed E-state index contributed by atoms with van der Waals surface area (Å²) in [4.78, 5) is 19.0. The van der Waals surface area contributed by atoms with Crippen LogP contribution >= 0.6 is 0 Å². The number of carbonyl (C=O) groups is 1. The van der Waals surface area contributed by atoms with Gasteiger partial charge in [-0.15, -0.1) is 0 Å². The molecule has 0 atom stereocenters. The third-order valence-corrected chi connectivity index (χ3v) is 8.14. The fraction of sp³-hybridized carbons (Fsp3) is 0.417. The van der Waals surface area contributed by atoms with Crippen LogP contribution in [0.5, 0.6) is 0 Å². The number of rotatable bonds is 4. The fourth-order valence-electron chi connectivity index (χ4n) is 4.63. The molecule has 31 heavy (non-hydrogen) atoms. The van der Waals surface area contributed by atoms with Crippen molar-refractivity contribution in [3.05, 3.63) is 64.5 Å². The number of hydrogen-bond acceptors (Lipinski definition) is 5. The van der Waals surface area contributed by atoms with Crippen LogP contribution in [-0.4, -0.2) is 49.6 Å². The molecule has 164 valence electrons. The standard InChI is InChI=1S/C24H29N3O3S/c1-2-14-31(29,30)20-7-8-21-19(15-20)6-5-18-4-3-11-26-24(18)23(21)17-9-12-27(13-10-17)22(28)16-25/h3-4,7-8,11,15H,2,5-6,9-10,12-14,16,25H2,1H3. The summed E-state index contributed by atoms with van der Waals surface area (Å²) >= 11 is 0. The van der Waals surface area contributed by atoms with E-state index in [1.165, 1.54) is 11.1 Å². The predicted molar refractivity (Wildman–Crippen MR) is 121 cm³/mol. The Labute approximate surface area is 184 Å². The molecule has 0 spiro atoms. The summed E-state index contributed by atoms with van der Waals surface area (Å²) in [5.41, 5.74) is 12.2. The van der Waals surface area contributed by atoms with Gasteiger partial charge in [0.2, 0.25) is 5.91 Å². The predicted octanol–water partition coefficient (Wildman–Crippen LogP) is 2.75. The zero-order chi connectivity index (χ0) is 22.0. The second kappa shape index (κ2) is 8.93. The molecule has 1 aliphatic carbocycles. The van der Waals surface area contributed by atoms with Crippen LogP contribution in [0.3, 0.4) is 0 Å². The van der Waals surface area contributed by atoms with Crippen LogP contribution in [-0.2, 0) is 27.5 Å². The first-order chi connectivity index (χ1) is 14.9. The molecule has 2 heterocycles. The summed E-state index contributed by atoms with van der Waals surface area (Å²) in [5.74, 6) is 0.140. The van der Waals surface area contributed by atoms with Crippen molar-refractivity contribution in [2.45, 2.75) is 43.9 Å². The SMILES string of the molecule is CCCS(=O)(=O)c1ccc2c(c1)CCc1cccnc1C2=C1CCN(C(=O)CN)CC1. The molecule has 0 radical (unpaired) electrons. The molecule has 0 saturated carbocycles. The van der Waals surface area contributed by atoms with E-state index < -0.39 is 9.84 Å². The number of aromatic nitrogens is 1. The van der Waals surface area contributed by atoms with Gasteiger partial charge < -0.3 is 10.6 Å². The Kier molecular flexibility index (Phi) is 6.25. The van der Waals surface area contributed by atoms with E-state index >= 15 is 0 Å². The topological polar surface area (TPSA) is 93.4 Å². The Morgan fingerprint density at radius 1 is 1.10 bits per heavy atom. The van der Waals surface area contributed by atoms with Crippen molar-refractivity contribution >= 4 is 21.3 Å². The van der Waals surface area contributed by atoms with Crippen molar-refractivity contribution in [3.8, 4) is 0 Å². The average Bonchev–Trinajstić information content (AvgIpc) is 2.95. The Morgan fingerprint density at radius 2 is 1.84 bits per heavy atom. The lowest BCUT2D eigenvalue weighted by Gasteiger charge is -2.30. The molecule has 1 fully saturated rings. The van der Waals surface area contributed by atoms with Gasteiger partial charge >= 0.3 is 0 Å². The molecule has 1 amide bonds. The maximum absolute atomic E-state index is 12.7. The number of amides is 1. The second-order valence-corrected chi connectivity index (χ2v) is 10.3. The van der Waals surface area contributed by atoms with Crippen LogP contribution in [0.2, 0.25) is 0 Å². The lowest BCUT2D eigenvalue weighted by Crippen LogP contribution is -2.40. The molecule has 2 aliphatic rings. The van der Waals surface area contributed by atoms with Crippen molar-refractivity contribution in [2.75, 3.05) is 25.4 Å². The minimum Gasteiger partial charge on any atom is -0.341 e. The van der Waals surface area contributed by atoms with Crippen LogP contribution in [0.25, 0.3) is 5.57 Å². The molecular weight excluding hydrogens is 410 g/mol. The van der Waals surface area contributed by atoms with Crippen molar-refractivity contribution < 1.29 is 13.2 Å². The summed E-state index contributed by atoms with van der Waals surface area (Å²) in [7, 11) is -3.27. The zero-order valence-electron chi connectivity index (χ0n) is 17.9. The Morgan fingerprint density at radius 3 is 2.55 bits per heavy atom. The number of fused-ring (bicyclic) bond motifs is 2. The number of nitrogens with zero attached hydrogens (tertiary/aromatic N) is 2. The average molecular weight is 440 g/mol. The highest BCUT2D eigenvalue weighted by molar-refractivity contribution is 7.91. The van der Waals surface area contributed by atoms with Gasteiger partial charge in [-0.1, -0.05) is 24.6 Å². The molecule has 2 N–H and O–H groups in total. The number of sulfone groups is 1. The van der Waals surface area contributed by atoms with E-state index in [1.807, 2.05) is 36.2 Å². The molecule has 1 aromatic heterocycles. The molecule has 1 aromatic carbocycles. The lowest BCUT2D eigenvalue weighted by molar-refractivity contribution is -0.130. The fourth-order valence-corrected chi connectivity index (χ4v) is 6.00. The molecule has 7 heteroatoms. The smallest absolute Gasteiger partial charge is 0.236 e. The Hall–Kier alpha value is -2.51. The summed E-state index contributed by atoms with van der Waals surface area (Å²) in [6, 6.07) is 9.62. The number of pyridine rings is 1. The minimum absolute atomic E-state index is 0.0189. The van der Waals surface area contributed by atoms with E-state index in [2.05, 4.69) is 6.07 Å². The summed E-state index contributed by atoms with van der Waals surface area (Å²) in [5, 5.41) is 0. The second-order valence-electron chi connectivity index (χ2n) is 8.21. The highest BCUT2D eigenvalue weighted by Gasteiger charge is 2.27. The van der Waals surface area contributed by atoms with Crippen LogP contribution in [0.4, 0.5) is 0 Å². The van der Waals surface area contributed by atoms with Crippen LogP contribution in [0.1, 0.15) is 48.6 Å². The first-order valence-corrected chi connectivity index (χ1v) is 12.6. The van der Waals surface area contributed by atoms with Gasteiger partial charge in [-0.2, -0.15) is 0 Å². The largest absolute Gasteiger partial charge is 0.341 e. The maximum Gasteiger partial charge on any atom is 0.236 e.